The molecule has 2 aliphatic heterocycles. The molecule has 0 bridgehead atoms. The molecule has 0 aromatic heterocycles. The maximum atomic E-state index is 12.1. The fraction of sp³-hybridized carbons (Fsp3) is 0.588. The first-order valence-electron chi connectivity index (χ1n) is 7.98. The highest BCUT2D eigenvalue weighted by Crippen LogP contribution is 2.17. The molecule has 0 unspecified atom stereocenters. The van der Waals surface area contributed by atoms with Gasteiger partial charge in [0, 0.05) is 26.2 Å². The van der Waals surface area contributed by atoms with Crippen LogP contribution in [0.5, 0.6) is 0 Å². The van der Waals surface area contributed by atoms with E-state index in [4.69, 9.17) is 4.74 Å². The molecule has 0 saturated carbocycles. The van der Waals surface area contributed by atoms with Gasteiger partial charge in [0.15, 0.2) is 0 Å². The van der Waals surface area contributed by atoms with Crippen LogP contribution in [-0.4, -0.2) is 49.7 Å². The van der Waals surface area contributed by atoms with E-state index in [1.54, 1.807) is 0 Å². The van der Waals surface area contributed by atoms with Crippen LogP contribution < -0.4 is 5.32 Å². The summed E-state index contributed by atoms with van der Waals surface area (Å²) < 4.78 is 5.97. The molecule has 2 aliphatic rings. The average Bonchev–Trinajstić information content (AvgIpc) is 2.47. The molecular weight excluding hydrogens is 300 g/mol. The molecule has 2 fully saturated rings. The number of benzene rings is 1. The van der Waals surface area contributed by atoms with Gasteiger partial charge in [0.05, 0.1) is 18.6 Å². The van der Waals surface area contributed by atoms with Crippen LogP contribution in [0.25, 0.3) is 0 Å². The molecule has 0 atom stereocenters. The smallest absolute Gasteiger partial charge is 0.228 e. The summed E-state index contributed by atoms with van der Waals surface area (Å²) in [5.41, 5.74) is 1.32. The predicted octanol–water partition coefficient (Wildman–Crippen LogP) is 1.88. The maximum Gasteiger partial charge on any atom is 0.228 e. The van der Waals surface area contributed by atoms with E-state index in [-0.39, 0.29) is 18.3 Å². The van der Waals surface area contributed by atoms with Crippen LogP contribution >= 0.6 is 12.4 Å². The standard InChI is InChI=1S/C17H24N2O2.ClH/c20-17(15-12-18-13-15)19-9-6-16(7-10-19)21-11-8-14-4-2-1-3-5-14;/h1-5,15-16,18H,6-13H2;1H. The van der Waals surface area contributed by atoms with E-state index in [1.807, 2.05) is 11.0 Å². The summed E-state index contributed by atoms with van der Waals surface area (Å²) in [6.45, 7) is 4.19. The Morgan fingerprint density at radius 1 is 1.18 bits per heavy atom. The third-order valence-corrected chi connectivity index (χ3v) is 4.47. The van der Waals surface area contributed by atoms with Crippen molar-refractivity contribution in [3.63, 3.8) is 0 Å². The Bertz CT molecular complexity index is 457. The number of ether oxygens (including phenoxy) is 1. The van der Waals surface area contributed by atoms with Gasteiger partial charge in [-0.25, -0.2) is 0 Å². The van der Waals surface area contributed by atoms with E-state index in [0.717, 1.165) is 52.0 Å². The minimum Gasteiger partial charge on any atom is -0.378 e. The summed E-state index contributed by atoms with van der Waals surface area (Å²) in [4.78, 5) is 14.1. The van der Waals surface area contributed by atoms with Gasteiger partial charge in [0.25, 0.3) is 0 Å². The Hall–Kier alpha value is -1.10. The Kier molecular flexibility index (Phi) is 6.68. The predicted molar refractivity (Wildman–Crippen MR) is 89.3 cm³/mol. The molecule has 22 heavy (non-hydrogen) atoms. The van der Waals surface area contributed by atoms with Gasteiger partial charge < -0.3 is 15.0 Å². The van der Waals surface area contributed by atoms with E-state index in [0.29, 0.717) is 12.0 Å². The van der Waals surface area contributed by atoms with Crippen LogP contribution in [0.15, 0.2) is 30.3 Å². The number of hydrogen-bond acceptors (Lipinski definition) is 3. The monoisotopic (exact) mass is 324 g/mol. The fourth-order valence-electron chi connectivity index (χ4n) is 2.95. The second-order valence-electron chi connectivity index (χ2n) is 5.99. The third-order valence-electron chi connectivity index (χ3n) is 4.47. The van der Waals surface area contributed by atoms with Crippen LogP contribution in [0.1, 0.15) is 18.4 Å². The molecule has 4 nitrogen and oxygen atoms in total. The molecule has 5 heteroatoms. The molecule has 122 valence electrons. The largest absolute Gasteiger partial charge is 0.378 e. The number of carbonyl (C=O) groups is 1. The zero-order valence-corrected chi connectivity index (χ0v) is 13.7. The minimum absolute atomic E-state index is 0. The topological polar surface area (TPSA) is 41.6 Å². The summed E-state index contributed by atoms with van der Waals surface area (Å²) >= 11 is 0. The van der Waals surface area contributed by atoms with Crippen molar-refractivity contribution < 1.29 is 9.53 Å². The molecule has 1 N–H and O–H groups in total. The lowest BCUT2D eigenvalue weighted by Gasteiger charge is -2.36. The first-order valence-corrected chi connectivity index (χ1v) is 7.98. The molecule has 1 aromatic carbocycles. The van der Waals surface area contributed by atoms with Gasteiger partial charge in [0.1, 0.15) is 0 Å². The van der Waals surface area contributed by atoms with Crippen molar-refractivity contribution in [1.82, 2.24) is 10.2 Å². The Balaban J connectivity index is 0.00000176. The number of likely N-dealkylation sites (tertiary alicyclic amines) is 1. The summed E-state index contributed by atoms with van der Waals surface area (Å²) in [5.74, 6) is 0.553. The van der Waals surface area contributed by atoms with E-state index in [2.05, 4.69) is 29.6 Å². The SMILES string of the molecule is Cl.O=C(C1CNC1)N1CCC(OCCc2ccccc2)CC1. The van der Waals surface area contributed by atoms with Gasteiger partial charge in [-0.3, -0.25) is 4.79 Å². The molecule has 0 aliphatic carbocycles. The first kappa shape index (κ1) is 17.3. The number of nitrogens with zero attached hydrogens (tertiary/aromatic N) is 1. The lowest BCUT2D eigenvalue weighted by atomic mass is 9.99. The summed E-state index contributed by atoms with van der Waals surface area (Å²) in [6, 6.07) is 10.4. The van der Waals surface area contributed by atoms with Crippen molar-refractivity contribution >= 4 is 18.3 Å². The third kappa shape index (κ3) is 4.45. The Morgan fingerprint density at radius 2 is 1.86 bits per heavy atom. The summed E-state index contributed by atoms with van der Waals surface area (Å²) in [6.07, 6.45) is 3.23. The van der Waals surface area contributed by atoms with Crippen molar-refractivity contribution in [3.8, 4) is 0 Å². The molecule has 3 rings (SSSR count). The number of carbonyl (C=O) groups excluding carboxylic acids is 1. The minimum atomic E-state index is 0. The van der Waals surface area contributed by atoms with Gasteiger partial charge >= 0.3 is 0 Å². The van der Waals surface area contributed by atoms with Crippen LogP contribution in [0.4, 0.5) is 0 Å². The van der Waals surface area contributed by atoms with Gasteiger partial charge in [-0.05, 0) is 24.8 Å². The van der Waals surface area contributed by atoms with E-state index >= 15 is 0 Å². The number of halogens is 1. The molecule has 0 spiro atoms. The molecule has 1 aromatic rings. The van der Waals surface area contributed by atoms with Crippen LogP contribution in [0.3, 0.4) is 0 Å². The Morgan fingerprint density at radius 3 is 2.45 bits per heavy atom. The zero-order chi connectivity index (χ0) is 14.5. The van der Waals surface area contributed by atoms with Crippen LogP contribution in [-0.2, 0) is 16.0 Å². The molecule has 1 amide bonds. The number of piperidine rings is 1. The van der Waals surface area contributed by atoms with E-state index in [1.165, 1.54) is 5.56 Å². The second-order valence-corrected chi connectivity index (χ2v) is 5.99. The highest BCUT2D eigenvalue weighted by molar-refractivity contribution is 5.85. The summed E-state index contributed by atoms with van der Waals surface area (Å²) in [7, 11) is 0. The second kappa shape index (κ2) is 8.51. The number of nitrogens with one attached hydrogen (secondary N) is 1. The van der Waals surface area contributed by atoms with Crippen molar-refractivity contribution in [2.75, 3.05) is 32.8 Å². The lowest BCUT2D eigenvalue weighted by molar-refractivity contribution is -0.139. The zero-order valence-electron chi connectivity index (χ0n) is 12.9. The lowest BCUT2D eigenvalue weighted by Crippen LogP contribution is -2.53. The van der Waals surface area contributed by atoms with Crippen LogP contribution in [0, 0.1) is 5.92 Å². The van der Waals surface area contributed by atoms with Gasteiger partial charge in [0.2, 0.25) is 5.91 Å². The number of rotatable bonds is 5. The summed E-state index contributed by atoms with van der Waals surface area (Å²) in [5, 5.41) is 3.16. The van der Waals surface area contributed by atoms with E-state index in [9.17, 15) is 4.79 Å². The molecule has 2 saturated heterocycles. The fourth-order valence-corrected chi connectivity index (χ4v) is 2.95. The molecule has 0 radical (unpaired) electrons. The normalized spacial score (nSPS) is 19.4. The van der Waals surface area contributed by atoms with Gasteiger partial charge in [-0.2, -0.15) is 0 Å². The van der Waals surface area contributed by atoms with Crippen LogP contribution in [0.2, 0.25) is 0 Å². The highest BCUT2D eigenvalue weighted by atomic mass is 35.5. The van der Waals surface area contributed by atoms with Gasteiger partial charge in [-0.1, -0.05) is 30.3 Å². The Labute approximate surface area is 138 Å². The first-order chi connectivity index (χ1) is 10.3. The highest BCUT2D eigenvalue weighted by Gasteiger charge is 2.31. The molecular formula is C17H25ClN2O2. The molecule has 2 heterocycles. The maximum absolute atomic E-state index is 12.1. The number of hydrogen-bond donors (Lipinski definition) is 1. The van der Waals surface area contributed by atoms with Crippen molar-refractivity contribution in [2.45, 2.75) is 25.4 Å². The van der Waals surface area contributed by atoms with Crippen molar-refractivity contribution in [1.29, 1.82) is 0 Å². The quantitative estimate of drug-likeness (QED) is 0.899. The van der Waals surface area contributed by atoms with Crippen molar-refractivity contribution in [2.24, 2.45) is 5.92 Å². The van der Waals surface area contributed by atoms with E-state index < -0.39 is 0 Å². The average molecular weight is 325 g/mol. The van der Waals surface area contributed by atoms with Gasteiger partial charge in [-0.15, -0.1) is 12.4 Å². The number of amides is 1. The van der Waals surface area contributed by atoms with Crippen molar-refractivity contribution in [3.05, 3.63) is 35.9 Å².